The van der Waals surface area contributed by atoms with E-state index in [1.54, 1.807) is 12.0 Å². The molecule has 0 aromatic heterocycles. The van der Waals surface area contributed by atoms with Crippen LogP contribution in [0.5, 0.6) is 0 Å². The molecule has 0 heterocycles. The third-order valence-corrected chi connectivity index (χ3v) is 4.80. The summed E-state index contributed by atoms with van der Waals surface area (Å²) in [6.07, 6.45) is 0.241. The molecule has 1 N–H and O–H groups in total. The first-order valence-electron chi connectivity index (χ1n) is 9.71. The van der Waals surface area contributed by atoms with Crippen LogP contribution in [0.2, 0.25) is 0 Å². The Hall–Kier alpha value is -3.18. The van der Waals surface area contributed by atoms with E-state index in [1.807, 2.05) is 72.8 Å². The summed E-state index contributed by atoms with van der Waals surface area (Å²) in [7, 11) is 1.61. The van der Waals surface area contributed by atoms with Crippen molar-refractivity contribution in [1.29, 1.82) is 0 Å². The van der Waals surface area contributed by atoms with Crippen LogP contribution in [0.4, 0.5) is 0 Å². The number of ether oxygens (including phenoxy) is 1. The van der Waals surface area contributed by atoms with Crippen LogP contribution in [0.3, 0.4) is 0 Å². The summed E-state index contributed by atoms with van der Waals surface area (Å²) in [5.41, 5.74) is 1.99. The molecule has 0 radical (unpaired) electrons. The highest BCUT2D eigenvalue weighted by molar-refractivity contribution is 5.91. The summed E-state index contributed by atoms with van der Waals surface area (Å²) >= 11 is 0. The molecule has 5 nitrogen and oxygen atoms in total. The molecule has 0 saturated carbocycles. The van der Waals surface area contributed by atoms with Crippen molar-refractivity contribution in [2.75, 3.05) is 26.8 Å². The molecule has 0 bridgehead atoms. The SMILES string of the molecule is COCCN(Cc1ccccc1)C(=O)CNC(=O)Cc1cccc2ccccc12. The topological polar surface area (TPSA) is 58.6 Å². The van der Waals surface area contributed by atoms with Crippen LogP contribution >= 0.6 is 0 Å². The maximum atomic E-state index is 12.7. The third kappa shape index (κ3) is 5.90. The van der Waals surface area contributed by atoms with Crippen LogP contribution in [-0.4, -0.2) is 43.5 Å². The Balaban J connectivity index is 1.59. The average molecular weight is 390 g/mol. The Kier molecular flexibility index (Phi) is 7.36. The van der Waals surface area contributed by atoms with Crippen molar-refractivity contribution in [3.05, 3.63) is 83.9 Å². The van der Waals surface area contributed by atoms with Crippen LogP contribution in [0.1, 0.15) is 11.1 Å². The molecular formula is C24H26N2O3. The van der Waals surface area contributed by atoms with Gasteiger partial charge in [0.05, 0.1) is 19.6 Å². The number of carbonyl (C=O) groups is 2. The molecule has 150 valence electrons. The Morgan fingerprint density at radius 1 is 0.931 bits per heavy atom. The summed E-state index contributed by atoms with van der Waals surface area (Å²) in [6.45, 7) is 1.38. The predicted molar refractivity (Wildman–Crippen MR) is 114 cm³/mol. The molecule has 3 aromatic carbocycles. The molecule has 2 amide bonds. The number of rotatable bonds is 9. The smallest absolute Gasteiger partial charge is 0.242 e. The Labute approximate surface area is 171 Å². The van der Waals surface area contributed by atoms with E-state index in [-0.39, 0.29) is 24.8 Å². The molecule has 0 aliphatic heterocycles. The van der Waals surface area contributed by atoms with Gasteiger partial charge in [0, 0.05) is 20.2 Å². The summed E-state index contributed by atoms with van der Waals surface area (Å²) in [5.74, 6) is -0.293. The maximum absolute atomic E-state index is 12.7. The van der Waals surface area contributed by atoms with Crippen molar-refractivity contribution in [2.24, 2.45) is 0 Å². The van der Waals surface area contributed by atoms with Gasteiger partial charge < -0.3 is 15.0 Å². The van der Waals surface area contributed by atoms with E-state index in [2.05, 4.69) is 5.32 Å². The minimum absolute atomic E-state index is 0.0276. The molecule has 0 aliphatic rings. The van der Waals surface area contributed by atoms with Gasteiger partial charge in [-0.05, 0) is 21.9 Å². The zero-order valence-corrected chi connectivity index (χ0v) is 16.6. The van der Waals surface area contributed by atoms with Crippen molar-refractivity contribution in [2.45, 2.75) is 13.0 Å². The number of amides is 2. The second-order valence-electron chi connectivity index (χ2n) is 6.89. The number of benzene rings is 3. The number of nitrogens with one attached hydrogen (secondary N) is 1. The Morgan fingerprint density at radius 3 is 2.45 bits per heavy atom. The molecule has 5 heteroatoms. The number of methoxy groups -OCH3 is 1. The van der Waals surface area contributed by atoms with Crippen molar-refractivity contribution < 1.29 is 14.3 Å². The van der Waals surface area contributed by atoms with Crippen LogP contribution in [-0.2, 0) is 27.3 Å². The monoisotopic (exact) mass is 390 g/mol. The van der Waals surface area contributed by atoms with Gasteiger partial charge in [-0.15, -0.1) is 0 Å². The second-order valence-corrected chi connectivity index (χ2v) is 6.89. The van der Waals surface area contributed by atoms with Crippen molar-refractivity contribution in [3.63, 3.8) is 0 Å². The summed E-state index contributed by atoms with van der Waals surface area (Å²) < 4.78 is 5.12. The predicted octanol–water partition coefficient (Wildman–Crippen LogP) is 3.17. The quantitative estimate of drug-likeness (QED) is 0.611. The standard InChI is InChI=1S/C24H26N2O3/c1-29-15-14-26(18-19-8-3-2-4-9-19)24(28)17-25-23(27)16-21-12-7-11-20-10-5-6-13-22(20)21/h2-13H,14-18H2,1H3,(H,25,27). The minimum Gasteiger partial charge on any atom is -0.383 e. The van der Waals surface area contributed by atoms with Crippen molar-refractivity contribution in [3.8, 4) is 0 Å². The van der Waals surface area contributed by atoms with Gasteiger partial charge in [0.15, 0.2) is 0 Å². The Morgan fingerprint density at radius 2 is 1.66 bits per heavy atom. The number of hydrogen-bond acceptors (Lipinski definition) is 3. The largest absolute Gasteiger partial charge is 0.383 e. The van der Waals surface area contributed by atoms with Gasteiger partial charge in [-0.2, -0.15) is 0 Å². The molecule has 3 rings (SSSR count). The van der Waals surface area contributed by atoms with Crippen molar-refractivity contribution >= 4 is 22.6 Å². The van der Waals surface area contributed by atoms with E-state index in [1.165, 1.54) is 0 Å². The lowest BCUT2D eigenvalue weighted by atomic mass is 10.0. The maximum Gasteiger partial charge on any atom is 0.242 e. The molecule has 3 aromatic rings. The molecule has 0 saturated heterocycles. The number of fused-ring (bicyclic) bond motifs is 1. The lowest BCUT2D eigenvalue weighted by molar-refractivity contribution is -0.133. The molecule has 29 heavy (non-hydrogen) atoms. The highest BCUT2D eigenvalue weighted by Gasteiger charge is 2.15. The van der Waals surface area contributed by atoms with Crippen LogP contribution in [0.15, 0.2) is 72.8 Å². The van der Waals surface area contributed by atoms with Gasteiger partial charge in [0.1, 0.15) is 0 Å². The van der Waals surface area contributed by atoms with Crippen LogP contribution < -0.4 is 5.32 Å². The lowest BCUT2D eigenvalue weighted by Gasteiger charge is -2.23. The number of nitrogens with zero attached hydrogens (tertiary/aromatic N) is 1. The molecule has 0 aliphatic carbocycles. The zero-order chi connectivity index (χ0) is 20.5. The first-order valence-corrected chi connectivity index (χ1v) is 9.71. The van der Waals surface area contributed by atoms with E-state index in [0.717, 1.165) is 21.9 Å². The highest BCUT2D eigenvalue weighted by atomic mass is 16.5. The van der Waals surface area contributed by atoms with Crippen LogP contribution in [0, 0.1) is 0 Å². The normalized spacial score (nSPS) is 10.7. The molecule has 0 fully saturated rings. The summed E-state index contributed by atoms with van der Waals surface area (Å²) in [5, 5.41) is 4.92. The van der Waals surface area contributed by atoms with Gasteiger partial charge in [0.2, 0.25) is 11.8 Å². The van der Waals surface area contributed by atoms with E-state index in [0.29, 0.717) is 19.7 Å². The third-order valence-electron chi connectivity index (χ3n) is 4.80. The van der Waals surface area contributed by atoms with Gasteiger partial charge in [-0.1, -0.05) is 72.8 Å². The fourth-order valence-corrected chi connectivity index (χ4v) is 3.27. The van der Waals surface area contributed by atoms with Gasteiger partial charge in [-0.3, -0.25) is 9.59 Å². The molecule has 0 spiro atoms. The fourth-order valence-electron chi connectivity index (χ4n) is 3.27. The zero-order valence-electron chi connectivity index (χ0n) is 16.6. The molecule has 0 unspecified atom stereocenters. The first kappa shape index (κ1) is 20.6. The fraction of sp³-hybridized carbons (Fsp3) is 0.250. The average Bonchev–Trinajstić information content (AvgIpc) is 2.76. The van der Waals surface area contributed by atoms with E-state index >= 15 is 0 Å². The highest BCUT2D eigenvalue weighted by Crippen LogP contribution is 2.18. The minimum atomic E-state index is -0.166. The first-order chi connectivity index (χ1) is 14.2. The summed E-state index contributed by atoms with van der Waals surface area (Å²) in [4.78, 5) is 26.8. The van der Waals surface area contributed by atoms with E-state index < -0.39 is 0 Å². The summed E-state index contributed by atoms with van der Waals surface area (Å²) in [6, 6.07) is 23.7. The van der Waals surface area contributed by atoms with Gasteiger partial charge in [0.25, 0.3) is 0 Å². The van der Waals surface area contributed by atoms with Gasteiger partial charge in [-0.25, -0.2) is 0 Å². The number of carbonyl (C=O) groups excluding carboxylic acids is 2. The molecular weight excluding hydrogens is 364 g/mol. The number of hydrogen-bond donors (Lipinski definition) is 1. The van der Waals surface area contributed by atoms with Crippen LogP contribution in [0.25, 0.3) is 10.8 Å². The lowest BCUT2D eigenvalue weighted by Crippen LogP contribution is -2.41. The van der Waals surface area contributed by atoms with Crippen molar-refractivity contribution in [1.82, 2.24) is 10.2 Å². The van der Waals surface area contributed by atoms with E-state index in [4.69, 9.17) is 4.74 Å². The molecule has 0 atom stereocenters. The van der Waals surface area contributed by atoms with Gasteiger partial charge >= 0.3 is 0 Å². The van der Waals surface area contributed by atoms with E-state index in [9.17, 15) is 9.59 Å². The second kappa shape index (κ2) is 10.4. The Bertz CT molecular complexity index is 951.